The Balaban J connectivity index is 1.79. The van der Waals surface area contributed by atoms with Crippen molar-refractivity contribution >= 4 is 0 Å². The maximum Gasteiger partial charge on any atom is 0.159 e. The van der Waals surface area contributed by atoms with Crippen LogP contribution in [0, 0.1) is 11.6 Å². The lowest BCUT2D eigenvalue weighted by Crippen LogP contribution is -2.32. The maximum atomic E-state index is 13.1. The monoisotopic (exact) mass is 254 g/mol. The number of rotatable bonds is 6. The lowest BCUT2D eigenvalue weighted by molar-refractivity contribution is 0.316. The van der Waals surface area contributed by atoms with Gasteiger partial charge in [-0.05, 0) is 44.5 Å². The molecule has 0 heterocycles. The van der Waals surface area contributed by atoms with E-state index < -0.39 is 11.6 Å². The van der Waals surface area contributed by atoms with Gasteiger partial charge in [-0.25, -0.2) is 8.78 Å². The van der Waals surface area contributed by atoms with Crippen molar-refractivity contribution in [1.82, 2.24) is 10.2 Å². The lowest BCUT2D eigenvalue weighted by atomic mass is 10.1. The minimum Gasteiger partial charge on any atom is -0.309 e. The Bertz CT molecular complexity index is 405. The Kier molecular flexibility index (Phi) is 4.30. The number of hydrogen-bond acceptors (Lipinski definition) is 2. The molecule has 1 aliphatic rings. The van der Waals surface area contributed by atoms with E-state index in [4.69, 9.17) is 0 Å². The van der Waals surface area contributed by atoms with Gasteiger partial charge in [0.15, 0.2) is 11.6 Å². The molecular weight excluding hydrogens is 234 g/mol. The minimum absolute atomic E-state index is 0.0349. The fraction of sp³-hybridized carbons (Fsp3) is 0.571. The first kappa shape index (κ1) is 13.4. The summed E-state index contributed by atoms with van der Waals surface area (Å²) in [6.45, 7) is 3.80. The Labute approximate surface area is 107 Å². The molecule has 1 N–H and O–H groups in total. The molecule has 1 aliphatic carbocycles. The first-order valence-corrected chi connectivity index (χ1v) is 6.46. The summed E-state index contributed by atoms with van der Waals surface area (Å²) < 4.78 is 25.9. The third-order valence-corrected chi connectivity index (χ3v) is 3.53. The fourth-order valence-corrected chi connectivity index (χ4v) is 2.05. The van der Waals surface area contributed by atoms with Gasteiger partial charge in [0.25, 0.3) is 0 Å². The topological polar surface area (TPSA) is 15.3 Å². The predicted octanol–water partition coefficient (Wildman–Crippen LogP) is 2.71. The van der Waals surface area contributed by atoms with E-state index in [1.54, 1.807) is 6.07 Å². The molecule has 1 fully saturated rings. The summed E-state index contributed by atoms with van der Waals surface area (Å²) in [6, 6.07) is 4.86. The fourth-order valence-electron chi connectivity index (χ4n) is 2.05. The second kappa shape index (κ2) is 5.76. The van der Waals surface area contributed by atoms with Gasteiger partial charge in [0, 0.05) is 25.2 Å². The second-order valence-electron chi connectivity index (χ2n) is 5.06. The number of nitrogens with zero attached hydrogens (tertiary/aromatic N) is 1. The van der Waals surface area contributed by atoms with Gasteiger partial charge < -0.3 is 10.2 Å². The summed E-state index contributed by atoms with van der Waals surface area (Å²) in [5, 5.41) is 3.33. The zero-order valence-electron chi connectivity index (χ0n) is 10.9. The van der Waals surface area contributed by atoms with Crippen LogP contribution in [0.5, 0.6) is 0 Å². The number of halogens is 2. The molecule has 0 bridgehead atoms. The summed E-state index contributed by atoms with van der Waals surface area (Å²) in [6.07, 6.45) is 2.60. The molecule has 0 saturated heterocycles. The van der Waals surface area contributed by atoms with Crippen LogP contribution in [0.2, 0.25) is 0 Å². The molecule has 1 aromatic rings. The van der Waals surface area contributed by atoms with Gasteiger partial charge in [0.2, 0.25) is 0 Å². The summed E-state index contributed by atoms with van der Waals surface area (Å²) in [7, 11) is 2.13. The van der Waals surface area contributed by atoms with Crippen molar-refractivity contribution in [3.05, 3.63) is 35.4 Å². The highest BCUT2D eigenvalue weighted by atomic mass is 19.2. The predicted molar refractivity (Wildman–Crippen MR) is 68.4 cm³/mol. The van der Waals surface area contributed by atoms with Crippen molar-refractivity contribution in [2.45, 2.75) is 31.8 Å². The Hall–Kier alpha value is -1.00. The summed E-state index contributed by atoms with van der Waals surface area (Å²) in [5.41, 5.74) is 0.781. The Morgan fingerprint density at radius 1 is 1.33 bits per heavy atom. The van der Waals surface area contributed by atoms with Crippen LogP contribution in [-0.4, -0.2) is 31.1 Å². The standard InChI is InChI=1S/C14H20F2N2/c1-10(11-3-6-13(15)14(16)9-11)17-7-8-18(2)12-4-5-12/h3,6,9-10,12,17H,4-5,7-8H2,1-2H3. The maximum absolute atomic E-state index is 13.1. The molecule has 1 saturated carbocycles. The second-order valence-corrected chi connectivity index (χ2v) is 5.06. The van der Waals surface area contributed by atoms with Gasteiger partial charge in [-0.15, -0.1) is 0 Å². The molecule has 4 heteroatoms. The van der Waals surface area contributed by atoms with Crippen molar-refractivity contribution < 1.29 is 8.78 Å². The average molecular weight is 254 g/mol. The molecule has 2 rings (SSSR count). The van der Waals surface area contributed by atoms with Crippen molar-refractivity contribution in [2.24, 2.45) is 0 Å². The highest BCUT2D eigenvalue weighted by molar-refractivity contribution is 5.20. The normalized spacial score (nSPS) is 17.2. The zero-order chi connectivity index (χ0) is 13.1. The van der Waals surface area contributed by atoms with Gasteiger partial charge in [0.05, 0.1) is 0 Å². The Morgan fingerprint density at radius 3 is 2.67 bits per heavy atom. The average Bonchev–Trinajstić information content (AvgIpc) is 3.16. The molecule has 0 radical (unpaired) electrons. The molecule has 100 valence electrons. The largest absolute Gasteiger partial charge is 0.309 e. The van der Waals surface area contributed by atoms with Crippen LogP contribution in [0.25, 0.3) is 0 Å². The number of likely N-dealkylation sites (N-methyl/N-ethyl adjacent to an activating group) is 1. The first-order valence-electron chi connectivity index (χ1n) is 6.46. The number of nitrogens with one attached hydrogen (secondary N) is 1. The van der Waals surface area contributed by atoms with E-state index >= 15 is 0 Å². The molecule has 1 atom stereocenters. The molecule has 2 nitrogen and oxygen atoms in total. The van der Waals surface area contributed by atoms with E-state index in [1.807, 2.05) is 6.92 Å². The van der Waals surface area contributed by atoms with Crippen LogP contribution < -0.4 is 5.32 Å². The summed E-state index contributed by atoms with van der Waals surface area (Å²) in [4.78, 5) is 2.34. The molecular formula is C14H20F2N2. The van der Waals surface area contributed by atoms with E-state index in [-0.39, 0.29) is 6.04 Å². The number of hydrogen-bond donors (Lipinski definition) is 1. The van der Waals surface area contributed by atoms with Crippen molar-refractivity contribution in [2.75, 3.05) is 20.1 Å². The quantitative estimate of drug-likeness (QED) is 0.839. The zero-order valence-corrected chi connectivity index (χ0v) is 10.9. The van der Waals surface area contributed by atoms with Crippen molar-refractivity contribution in [3.8, 4) is 0 Å². The molecule has 0 aromatic heterocycles. The van der Waals surface area contributed by atoms with Gasteiger partial charge in [-0.3, -0.25) is 0 Å². The van der Waals surface area contributed by atoms with E-state index in [2.05, 4.69) is 17.3 Å². The van der Waals surface area contributed by atoms with Crippen LogP contribution in [0.3, 0.4) is 0 Å². The van der Waals surface area contributed by atoms with Crippen LogP contribution in [0.4, 0.5) is 8.78 Å². The van der Waals surface area contributed by atoms with E-state index in [9.17, 15) is 8.78 Å². The highest BCUT2D eigenvalue weighted by Gasteiger charge is 2.25. The minimum atomic E-state index is -0.792. The third kappa shape index (κ3) is 3.50. The van der Waals surface area contributed by atoms with Gasteiger partial charge in [0.1, 0.15) is 0 Å². The van der Waals surface area contributed by atoms with Gasteiger partial charge in [-0.1, -0.05) is 6.07 Å². The van der Waals surface area contributed by atoms with E-state index in [1.165, 1.54) is 25.0 Å². The molecule has 1 aromatic carbocycles. The van der Waals surface area contributed by atoms with Crippen LogP contribution in [0.15, 0.2) is 18.2 Å². The molecule has 0 amide bonds. The van der Waals surface area contributed by atoms with Crippen LogP contribution >= 0.6 is 0 Å². The van der Waals surface area contributed by atoms with Crippen molar-refractivity contribution in [3.63, 3.8) is 0 Å². The Morgan fingerprint density at radius 2 is 2.06 bits per heavy atom. The van der Waals surface area contributed by atoms with Crippen LogP contribution in [0.1, 0.15) is 31.4 Å². The molecule has 0 spiro atoms. The van der Waals surface area contributed by atoms with E-state index in [0.717, 1.165) is 24.7 Å². The first-order chi connectivity index (χ1) is 8.58. The molecule has 0 aliphatic heterocycles. The van der Waals surface area contributed by atoms with E-state index in [0.29, 0.717) is 0 Å². The molecule has 1 unspecified atom stereocenters. The third-order valence-electron chi connectivity index (χ3n) is 3.53. The summed E-state index contributed by atoms with van der Waals surface area (Å²) in [5.74, 6) is -1.57. The summed E-state index contributed by atoms with van der Waals surface area (Å²) >= 11 is 0. The van der Waals surface area contributed by atoms with Gasteiger partial charge >= 0.3 is 0 Å². The smallest absolute Gasteiger partial charge is 0.159 e. The van der Waals surface area contributed by atoms with Crippen molar-refractivity contribution in [1.29, 1.82) is 0 Å². The number of benzene rings is 1. The van der Waals surface area contributed by atoms with Crippen LogP contribution in [-0.2, 0) is 0 Å². The highest BCUT2D eigenvalue weighted by Crippen LogP contribution is 2.24. The lowest BCUT2D eigenvalue weighted by Gasteiger charge is -2.19. The SMILES string of the molecule is CC(NCCN(C)C1CC1)c1ccc(F)c(F)c1. The molecule has 18 heavy (non-hydrogen) atoms. The van der Waals surface area contributed by atoms with Gasteiger partial charge in [-0.2, -0.15) is 0 Å².